The van der Waals surface area contributed by atoms with Crippen molar-refractivity contribution in [3.05, 3.63) is 65.8 Å². The normalized spacial score (nSPS) is 10.8. The molecule has 1 N–H and O–H groups in total. The highest BCUT2D eigenvalue weighted by molar-refractivity contribution is 5.76. The van der Waals surface area contributed by atoms with E-state index in [1.54, 1.807) is 12.4 Å². The van der Waals surface area contributed by atoms with Crippen LogP contribution in [0.2, 0.25) is 0 Å². The van der Waals surface area contributed by atoms with Crippen LogP contribution in [0.3, 0.4) is 0 Å². The number of pyridine rings is 1. The molecule has 0 atom stereocenters. The molecule has 0 fully saturated rings. The van der Waals surface area contributed by atoms with Crippen molar-refractivity contribution < 1.29 is 14.1 Å². The van der Waals surface area contributed by atoms with Gasteiger partial charge in [-0.05, 0) is 29.7 Å². The molecule has 0 spiro atoms. The monoisotopic (exact) mass is 380 g/mol. The van der Waals surface area contributed by atoms with E-state index in [9.17, 15) is 4.79 Å². The number of ether oxygens (including phenoxy) is 1. The maximum Gasteiger partial charge on any atom is 0.227 e. The number of nitrogens with zero attached hydrogens (tertiary/aromatic N) is 3. The van der Waals surface area contributed by atoms with E-state index in [1.807, 2.05) is 36.4 Å². The van der Waals surface area contributed by atoms with E-state index < -0.39 is 0 Å². The van der Waals surface area contributed by atoms with Crippen LogP contribution < -0.4 is 5.32 Å². The van der Waals surface area contributed by atoms with Gasteiger partial charge < -0.3 is 14.6 Å². The van der Waals surface area contributed by atoms with Crippen LogP contribution >= 0.6 is 0 Å². The van der Waals surface area contributed by atoms with Crippen LogP contribution in [0.25, 0.3) is 11.4 Å². The van der Waals surface area contributed by atoms with Gasteiger partial charge in [-0.2, -0.15) is 4.98 Å². The predicted octanol–water partition coefficient (Wildman–Crippen LogP) is 3.31. The number of rotatable bonds is 10. The van der Waals surface area contributed by atoms with Gasteiger partial charge >= 0.3 is 0 Å². The summed E-state index contributed by atoms with van der Waals surface area (Å²) in [6.07, 6.45) is 5.01. The summed E-state index contributed by atoms with van der Waals surface area (Å²) in [5.74, 6) is 0.845. The molecule has 2 heterocycles. The minimum Gasteiger partial charge on any atom is -0.377 e. The Bertz CT molecular complexity index is 880. The molecule has 3 rings (SSSR count). The van der Waals surface area contributed by atoms with Crippen LogP contribution in [0.1, 0.15) is 36.8 Å². The van der Waals surface area contributed by atoms with E-state index in [-0.39, 0.29) is 12.3 Å². The molecule has 0 saturated carbocycles. The highest BCUT2D eigenvalue weighted by Gasteiger charge is 2.11. The third-order valence-electron chi connectivity index (χ3n) is 4.15. The Morgan fingerprint density at radius 3 is 2.82 bits per heavy atom. The Balaban J connectivity index is 1.47. The zero-order valence-electron chi connectivity index (χ0n) is 15.9. The molecule has 146 valence electrons. The summed E-state index contributed by atoms with van der Waals surface area (Å²) in [7, 11) is 0. The summed E-state index contributed by atoms with van der Waals surface area (Å²) in [4.78, 5) is 20.5. The van der Waals surface area contributed by atoms with E-state index in [0.717, 1.165) is 29.7 Å². The number of hydrogen-bond acceptors (Lipinski definition) is 6. The van der Waals surface area contributed by atoms with Crippen LogP contribution in [-0.2, 0) is 29.1 Å². The Morgan fingerprint density at radius 1 is 1.18 bits per heavy atom. The largest absolute Gasteiger partial charge is 0.377 e. The van der Waals surface area contributed by atoms with Crippen molar-refractivity contribution >= 4 is 5.91 Å². The van der Waals surface area contributed by atoms with Gasteiger partial charge in [-0.3, -0.25) is 9.78 Å². The number of hydrogen-bond donors (Lipinski definition) is 1. The van der Waals surface area contributed by atoms with Crippen LogP contribution in [0.15, 0.2) is 53.3 Å². The van der Waals surface area contributed by atoms with Crippen molar-refractivity contribution in [2.75, 3.05) is 6.61 Å². The Labute approximate surface area is 164 Å². The number of aromatic nitrogens is 3. The average molecular weight is 380 g/mol. The standard InChI is InChI=1S/C21H24N4O3/c1-2-12-27-15-18-7-4-3-6-16(18)14-23-19(26)9-10-20-24-21(25-28-20)17-8-5-11-22-13-17/h3-8,11,13H,2,9-10,12,14-15H2,1H3,(H,23,26). The zero-order valence-corrected chi connectivity index (χ0v) is 15.9. The Hall–Kier alpha value is -3.06. The maximum atomic E-state index is 12.2. The second kappa shape index (κ2) is 10.3. The van der Waals surface area contributed by atoms with Crippen molar-refractivity contribution in [1.29, 1.82) is 0 Å². The minimum absolute atomic E-state index is 0.0644. The first kappa shape index (κ1) is 19.7. The number of amides is 1. The Kier molecular flexibility index (Phi) is 7.26. The van der Waals surface area contributed by atoms with Crippen LogP contribution in [0.4, 0.5) is 0 Å². The molecule has 7 nitrogen and oxygen atoms in total. The van der Waals surface area contributed by atoms with Crippen LogP contribution in [0.5, 0.6) is 0 Å². The molecule has 2 aromatic heterocycles. The number of benzene rings is 1. The fourth-order valence-electron chi connectivity index (χ4n) is 2.67. The first-order valence-corrected chi connectivity index (χ1v) is 9.40. The lowest BCUT2D eigenvalue weighted by atomic mass is 10.1. The highest BCUT2D eigenvalue weighted by atomic mass is 16.5. The minimum atomic E-state index is -0.0644. The number of nitrogens with one attached hydrogen (secondary N) is 1. The van der Waals surface area contributed by atoms with Crippen molar-refractivity contribution in [2.45, 2.75) is 39.3 Å². The fraction of sp³-hybridized carbons (Fsp3) is 0.333. The quantitative estimate of drug-likeness (QED) is 0.543. The molecule has 0 unspecified atom stereocenters. The van der Waals surface area contributed by atoms with Crippen LogP contribution in [-0.4, -0.2) is 27.6 Å². The van der Waals surface area contributed by atoms with Gasteiger partial charge in [0.1, 0.15) is 0 Å². The molecule has 1 aromatic carbocycles. The third kappa shape index (κ3) is 5.72. The molecule has 0 saturated heterocycles. The molecule has 0 aliphatic carbocycles. The molecule has 28 heavy (non-hydrogen) atoms. The highest BCUT2D eigenvalue weighted by Crippen LogP contribution is 2.14. The molecule has 0 aliphatic rings. The molecule has 0 radical (unpaired) electrons. The first-order valence-electron chi connectivity index (χ1n) is 9.40. The van der Waals surface area contributed by atoms with E-state index in [0.29, 0.717) is 31.3 Å². The number of aryl methyl sites for hydroxylation is 1. The molecule has 3 aromatic rings. The SMILES string of the molecule is CCCOCc1ccccc1CNC(=O)CCc1nc(-c2cccnc2)no1. The van der Waals surface area contributed by atoms with Gasteiger partial charge in [0, 0.05) is 44.0 Å². The topological polar surface area (TPSA) is 90.1 Å². The van der Waals surface area contributed by atoms with Gasteiger partial charge in [-0.25, -0.2) is 0 Å². The predicted molar refractivity (Wildman–Crippen MR) is 104 cm³/mol. The van der Waals surface area contributed by atoms with Gasteiger partial charge in [0.25, 0.3) is 0 Å². The van der Waals surface area contributed by atoms with Crippen molar-refractivity contribution in [1.82, 2.24) is 20.4 Å². The second-order valence-corrected chi connectivity index (χ2v) is 6.35. The van der Waals surface area contributed by atoms with Crippen LogP contribution in [0, 0.1) is 0 Å². The van der Waals surface area contributed by atoms with E-state index in [2.05, 4.69) is 27.4 Å². The molecule has 0 aliphatic heterocycles. The van der Waals surface area contributed by atoms with Gasteiger partial charge in [-0.15, -0.1) is 0 Å². The van der Waals surface area contributed by atoms with Crippen molar-refractivity contribution in [3.8, 4) is 11.4 Å². The molecule has 0 bridgehead atoms. The molecule has 7 heteroatoms. The lowest BCUT2D eigenvalue weighted by molar-refractivity contribution is -0.121. The third-order valence-corrected chi connectivity index (χ3v) is 4.15. The van der Waals surface area contributed by atoms with E-state index in [1.165, 1.54) is 0 Å². The Morgan fingerprint density at radius 2 is 2.04 bits per heavy atom. The number of carbonyl (C=O) groups excluding carboxylic acids is 1. The second-order valence-electron chi connectivity index (χ2n) is 6.35. The van der Waals surface area contributed by atoms with E-state index in [4.69, 9.17) is 9.26 Å². The van der Waals surface area contributed by atoms with Crippen molar-refractivity contribution in [2.24, 2.45) is 0 Å². The first-order chi connectivity index (χ1) is 13.8. The molecule has 1 amide bonds. The van der Waals surface area contributed by atoms with E-state index >= 15 is 0 Å². The van der Waals surface area contributed by atoms with Crippen molar-refractivity contribution in [3.63, 3.8) is 0 Å². The zero-order chi connectivity index (χ0) is 19.6. The smallest absolute Gasteiger partial charge is 0.227 e. The maximum absolute atomic E-state index is 12.2. The average Bonchev–Trinajstić information content (AvgIpc) is 3.21. The summed E-state index contributed by atoms with van der Waals surface area (Å²) >= 11 is 0. The summed E-state index contributed by atoms with van der Waals surface area (Å²) in [5.41, 5.74) is 2.93. The summed E-state index contributed by atoms with van der Waals surface area (Å²) < 4.78 is 10.8. The molecular weight excluding hydrogens is 356 g/mol. The van der Waals surface area contributed by atoms with Gasteiger partial charge in [-0.1, -0.05) is 36.3 Å². The lowest BCUT2D eigenvalue weighted by Gasteiger charge is -2.11. The summed E-state index contributed by atoms with van der Waals surface area (Å²) in [6.45, 7) is 3.83. The lowest BCUT2D eigenvalue weighted by Crippen LogP contribution is -2.23. The summed E-state index contributed by atoms with van der Waals surface area (Å²) in [6, 6.07) is 11.6. The summed E-state index contributed by atoms with van der Waals surface area (Å²) in [5, 5.41) is 6.88. The van der Waals surface area contributed by atoms with Gasteiger partial charge in [0.15, 0.2) is 0 Å². The van der Waals surface area contributed by atoms with Gasteiger partial charge in [0.2, 0.25) is 17.6 Å². The fourth-order valence-corrected chi connectivity index (χ4v) is 2.67. The van der Waals surface area contributed by atoms with Gasteiger partial charge in [0.05, 0.1) is 6.61 Å². The molecular formula is C21H24N4O3. The number of carbonyl (C=O) groups is 1.